The maximum Gasteiger partial charge on any atom is 0.113 e. The fourth-order valence-electron chi connectivity index (χ4n) is 2.44. The molecule has 0 bridgehead atoms. The molecular formula is C15H26N2O. The molecule has 2 heterocycles. The van der Waals surface area contributed by atoms with Gasteiger partial charge in [-0.25, -0.2) is 0 Å². The highest BCUT2D eigenvalue weighted by Crippen LogP contribution is 2.30. The second-order valence-corrected chi connectivity index (χ2v) is 6.87. The van der Waals surface area contributed by atoms with E-state index in [1.54, 1.807) is 0 Å². The predicted molar refractivity (Wildman–Crippen MR) is 74.5 cm³/mol. The summed E-state index contributed by atoms with van der Waals surface area (Å²) < 4.78 is 8.11. The molecule has 1 aliphatic heterocycles. The number of hydrogen-bond acceptors (Lipinski definition) is 2. The first-order chi connectivity index (χ1) is 8.30. The third-order valence-corrected chi connectivity index (χ3v) is 3.82. The summed E-state index contributed by atoms with van der Waals surface area (Å²) in [6, 6.07) is 4.30. The Bertz CT molecular complexity index is 405. The number of aromatic nitrogens is 1. The van der Waals surface area contributed by atoms with Crippen LogP contribution in [0.3, 0.4) is 0 Å². The second kappa shape index (κ2) is 4.71. The summed E-state index contributed by atoms with van der Waals surface area (Å²) in [5.74, 6) is 0. The van der Waals surface area contributed by atoms with Crippen LogP contribution in [0.2, 0.25) is 0 Å². The molecule has 3 nitrogen and oxygen atoms in total. The lowest BCUT2D eigenvalue weighted by Crippen LogP contribution is -2.46. The zero-order valence-corrected chi connectivity index (χ0v) is 12.3. The van der Waals surface area contributed by atoms with E-state index < -0.39 is 0 Å². The quantitative estimate of drug-likeness (QED) is 0.892. The summed E-state index contributed by atoms with van der Waals surface area (Å²) in [5, 5.41) is 3.66. The fourth-order valence-corrected chi connectivity index (χ4v) is 2.44. The van der Waals surface area contributed by atoms with E-state index in [0.29, 0.717) is 0 Å². The Morgan fingerprint density at radius 1 is 1.50 bits per heavy atom. The van der Waals surface area contributed by atoms with Gasteiger partial charge in [0.05, 0.1) is 6.61 Å². The van der Waals surface area contributed by atoms with Gasteiger partial charge in [0.2, 0.25) is 0 Å². The van der Waals surface area contributed by atoms with Crippen molar-refractivity contribution in [1.82, 2.24) is 9.88 Å². The van der Waals surface area contributed by atoms with Crippen LogP contribution in [-0.4, -0.2) is 22.9 Å². The van der Waals surface area contributed by atoms with Crippen LogP contribution in [-0.2, 0) is 18.2 Å². The minimum absolute atomic E-state index is 0.0994. The molecule has 18 heavy (non-hydrogen) atoms. The zero-order valence-electron chi connectivity index (χ0n) is 12.3. The molecule has 1 aliphatic rings. The SMILES string of the molecule is Cn1cccc1CC[C@]1(C)CO[C@H](C(C)(C)C)N1. The Morgan fingerprint density at radius 3 is 2.72 bits per heavy atom. The summed E-state index contributed by atoms with van der Waals surface area (Å²) >= 11 is 0. The fraction of sp³-hybridized carbons (Fsp3) is 0.733. The van der Waals surface area contributed by atoms with Gasteiger partial charge in [0.1, 0.15) is 6.23 Å². The van der Waals surface area contributed by atoms with Crippen LogP contribution in [0.1, 0.15) is 39.8 Å². The molecule has 1 fully saturated rings. The van der Waals surface area contributed by atoms with E-state index >= 15 is 0 Å². The molecular weight excluding hydrogens is 224 g/mol. The van der Waals surface area contributed by atoms with Gasteiger partial charge in [-0.05, 0) is 31.9 Å². The molecule has 0 aromatic carbocycles. The second-order valence-electron chi connectivity index (χ2n) is 6.87. The van der Waals surface area contributed by atoms with Gasteiger partial charge in [-0.2, -0.15) is 0 Å². The Balaban J connectivity index is 1.92. The number of nitrogens with zero attached hydrogens (tertiary/aromatic N) is 1. The molecule has 2 rings (SSSR count). The molecule has 2 atom stereocenters. The average Bonchev–Trinajstić information content (AvgIpc) is 2.82. The number of aryl methyl sites for hydroxylation is 2. The van der Waals surface area contributed by atoms with Crippen LogP contribution in [0.25, 0.3) is 0 Å². The molecule has 0 aliphatic carbocycles. The largest absolute Gasteiger partial charge is 0.361 e. The number of hydrogen-bond donors (Lipinski definition) is 1. The van der Waals surface area contributed by atoms with Crippen LogP contribution in [0.15, 0.2) is 18.3 Å². The zero-order chi connectivity index (χ0) is 13.4. The summed E-state index contributed by atoms with van der Waals surface area (Å²) in [4.78, 5) is 0. The third-order valence-electron chi connectivity index (χ3n) is 3.82. The summed E-state index contributed by atoms with van der Waals surface area (Å²) in [6.45, 7) is 9.72. The van der Waals surface area contributed by atoms with Crippen LogP contribution in [0.5, 0.6) is 0 Å². The van der Waals surface area contributed by atoms with Crippen LogP contribution < -0.4 is 5.32 Å². The maximum absolute atomic E-state index is 5.92. The molecule has 0 unspecified atom stereocenters. The smallest absolute Gasteiger partial charge is 0.113 e. The van der Waals surface area contributed by atoms with Gasteiger partial charge in [0.25, 0.3) is 0 Å². The van der Waals surface area contributed by atoms with Crippen molar-refractivity contribution in [2.75, 3.05) is 6.61 Å². The van der Waals surface area contributed by atoms with Crippen molar-refractivity contribution in [3.05, 3.63) is 24.0 Å². The highest BCUT2D eigenvalue weighted by atomic mass is 16.5. The lowest BCUT2D eigenvalue weighted by molar-refractivity contribution is 0.0170. The van der Waals surface area contributed by atoms with Crippen molar-refractivity contribution >= 4 is 0 Å². The average molecular weight is 250 g/mol. The molecule has 3 heteroatoms. The van der Waals surface area contributed by atoms with Gasteiger partial charge < -0.3 is 9.30 Å². The Kier molecular flexibility index (Phi) is 3.56. The van der Waals surface area contributed by atoms with Gasteiger partial charge >= 0.3 is 0 Å². The van der Waals surface area contributed by atoms with Crippen molar-refractivity contribution in [3.8, 4) is 0 Å². The van der Waals surface area contributed by atoms with Gasteiger partial charge in [0.15, 0.2) is 0 Å². The monoisotopic (exact) mass is 250 g/mol. The predicted octanol–water partition coefficient (Wildman–Crippen LogP) is 2.71. The van der Waals surface area contributed by atoms with Crippen molar-refractivity contribution in [1.29, 1.82) is 0 Å². The Morgan fingerprint density at radius 2 is 2.22 bits per heavy atom. The lowest BCUT2D eigenvalue weighted by atomic mass is 9.92. The normalized spacial score (nSPS) is 28.8. The highest BCUT2D eigenvalue weighted by Gasteiger charge is 2.40. The molecule has 0 spiro atoms. The van der Waals surface area contributed by atoms with E-state index in [-0.39, 0.29) is 17.2 Å². The number of rotatable bonds is 3. The molecule has 1 saturated heterocycles. The van der Waals surface area contributed by atoms with E-state index in [0.717, 1.165) is 19.4 Å². The Labute approximate surface area is 111 Å². The molecule has 0 radical (unpaired) electrons. The van der Waals surface area contributed by atoms with Crippen LogP contribution in [0, 0.1) is 5.41 Å². The maximum atomic E-state index is 5.92. The summed E-state index contributed by atoms with van der Waals surface area (Å²) in [7, 11) is 2.11. The molecule has 1 aromatic heterocycles. The van der Waals surface area contributed by atoms with Crippen LogP contribution >= 0.6 is 0 Å². The van der Waals surface area contributed by atoms with Crippen molar-refractivity contribution in [2.24, 2.45) is 12.5 Å². The van der Waals surface area contributed by atoms with Gasteiger partial charge in [0, 0.05) is 29.9 Å². The molecule has 102 valence electrons. The molecule has 0 amide bonds. The molecule has 0 saturated carbocycles. The van der Waals surface area contributed by atoms with Gasteiger partial charge in [-0.15, -0.1) is 0 Å². The van der Waals surface area contributed by atoms with E-state index in [9.17, 15) is 0 Å². The summed E-state index contributed by atoms with van der Waals surface area (Å²) in [6.07, 6.45) is 4.47. The van der Waals surface area contributed by atoms with Crippen molar-refractivity contribution in [2.45, 2.75) is 52.3 Å². The van der Waals surface area contributed by atoms with Crippen molar-refractivity contribution in [3.63, 3.8) is 0 Å². The Hall–Kier alpha value is -0.800. The molecule has 1 aromatic rings. The van der Waals surface area contributed by atoms with E-state index in [1.807, 2.05) is 0 Å². The number of ether oxygens (including phenoxy) is 1. The lowest BCUT2D eigenvalue weighted by Gasteiger charge is -2.29. The van der Waals surface area contributed by atoms with Gasteiger partial charge in [-0.1, -0.05) is 20.8 Å². The third kappa shape index (κ3) is 2.96. The first kappa shape index (κ1) is 13.6. The number of nitrogens with one attached hydrogen (secondary N) is 1. The first-order valence-electron chi connectivity index (χ1n) is 6.80. The van der Waals surface area contributed by atoms with Crippen molar-refractivity contribution < 1.29 is 4.74 Å². The van der Waals surface area contributed by atoms with Gasteiger partial charge in [-0.3, -0.25) is 5.32 Å². The highest BCUT2D eigenvalue weighted by molar-refractivity contribution is 5.08. The topological polar surface area (TPSA) is 26.2 Å². The minimum atomic E-state index is 0.0994. The summed E-state index contributed by atoms with van der Waals surface area (Å²) in [5.41, 5.74) is 1.64. The van der Waals surface area contributed by atoms with E-state index in [1.165, 1.54) is 5.69 Å². The molecule has 1 N–H and O–H groups in total. The van der Waals surface area contributed by atoms with E-state index in [4.69, 9.17) is 4.74 Å². The van der Waals surface area contributed by atoms with Crippen LogP contribution in [0.4, 0.5) is 0 Å². The van der Waals surface area contributed by atoms with E-state index in [2.05, 4.69) is 63.0 Å². The standard InChI is InChI=1S/C15H26N2O/c1-14(2,3)13-16-15(4,11-18-13)9-8-12-7-6-10-17(12)5/h6-7,10,13,16H,8-9,11H2,1-5H3/t13-,15-/m1/s1. The minimum Gasteiger partial charge on any atom is -0.361 e. The first-order valence-corrected chi connectivity index (χ1v) is 6.80.